The van der Waals surface area contributed by atoms with Gasteiger partial charge in [-0.25, -0.2) is 0 Å². The Morgan fingerprint density at radius 1 is 1.10 bits per heavy atom. The van der Waals surface area contributed by atoms with Crippen LogP contribution in [0.3, 0.4) is 0 Å². The zero-order chi connectivity index (χ0) is 14.4. The minimum Gasteiger partial charge on any atom is -0.310 e. The van der Waals surface area contributed by atoms with Crippen LogP contribution in [0.4, 0.5) is 0 Å². The minimum atomic E-state index is 0.378. The van der Waals surface area contributed by atoms with Crippen LogP contribution in [-0.2, 0) is 0 Å². The van der Waals surface area contributed by atoms with Crippen molar-refractivity contribution in [2.75, 3.05) is 46.3 Å². The summed E-state index contributed by atoms with van der Waals surface area (Å²) in [4.78, 5) is 5.22. The van der Waals surface area contributed by atoms with Crippen molar-refractivity contribution in [3.05, 3.63) is 0 Å². The highest BCUT2D eigenvalue weighted by Gasteiger charge is 2.30. The van der Waals surface area contributed by atoms with Crippen molar-refractivity contribution in [2.45, 2.75) is 57.9 Å². The second-order valence-corrected chi connectivity index (χ2v) is 7.08. The third kappa shape index (κ3) is 4.44. The molecule has 0 aromatic heterocycles. The highest BCUT2D eigenvalue weighted by atomic mass is 15.2. The molecule has 0 radical (unpaired) electrons. The number of hydrogen-bond donors (Lipinski definition) is 1. The third-order valence-corrected chi connectivity index (χ3v) is 5.72. The van der Waals surface area contributed by atoms with E-state index in [-0.39, 0.29) is 0 Å². The van der Waals surface area contributed by atoms with E-state index >= 15 is 0 Å². The van der Waals surface area contributed by atoms with E-state index in [2.05, 4.69) is 36.0 Å². The molecule has 2 saturated heterocycles. The molecule has 0 aromatic rings. The summed E-state index contributed by atoms with van der Waals surface area (Å²) in [5.41, 5.74) is 0.378. The van der Waals surface area contributed by atoms with E-state index in [0.29, 0.717) is 5.54 Å². The van der Waals surface area contributed by atoms with Gasteiger partial charge in [0, 0.05) is 12.1 Å². The van der Waals surface area contributed by atoms with E-state index in [1.165, 1.54) is 77.8 Å². The van der Waals surface area contributed by atoms with Gasteiger partial charge in [0.1, 0.15) is 0 Å². The summed E-state index contributed by atoms with van der Waals surface area (Å²) in [6.07, 6.45) is 8.07. The molecule has 0 unspecified atom stereocenters. The second-order valence-electron chi connectivity index (χ2n) is 7.08. The maximum absolute atomic E-state index is 3.82. The average molecular weight is 281 g/mol. The van der Waals surface area contributed by atoms with Gasteiger partial charge in [-0.3, -0.25) is 0 Å². The lowest BCUT2D eigenvalue weighted by Crippen LogP contribution is -2.50. The van der Waals surface area contributed by atoms with E-state index in [0.717, 1.165) is 5.92 Å². The van der Waals surface area contributed by atoms with Crippen molar-refractivity contribution in [3.8, 4) is 0 Å². The molecule has 2 aliphatic rings. The Morgan fingerprint density at radius 3 is 2.45 bits per heavy atom. The zero-order valence-corrected chi connectivity index (χ0v) is 14.0. The molecule has 3 nitrogen and oxygen atoms in total. The van der Waals surface area contributed by atoms with Crippen molar-refractivity contribution in [1.82, 2.24) is 15.1 Å². The van der Waals surface area contributed by atoms with E-state index in [1.54, 1.807) is 0 Å². The van der Waals surface area contributed by atoms with Gasteiger partial charge in [-0.1, -0.05) is 13.8 Å². The summed E-state index contributed by atoms with van der Waals surface area (Å²) < 4.78 is 0. The Bertz CT molecular complexity index is 267. The third-order valence-electron chi connectivity index (χ3n) is 5.72. The normalized spacial score (nSPS) is 26.6. The molecule has 2 heterocycles. The molecule has 20 heavy (non-hydrogen) atoms. The molecule has 2 rings (SSSR count). The van der Waals surface area contributed by atoms with Gasteiger partial charge < -0.3 is 15.1 Å². The van der Waals surface area contributed by atoms with Crippen LogP contribution < -0.4 is 5.32 Å². The SMILES string of the molecule is CCC1(CC)CN(CCC2CCN(C)CC2)CCCN1. The molecule has 0 aromatic carbocycles. The van der Waals surface area contributed by atoms with Gasteiger partial charge in [-0.05, 0) is 84.2 Å². The summed E-state index contributed by atoms with van der Waals surface area (Å²) in [6, 6.07) is 0. The molecule has 0 amide bonds. The topological polar surface area (TPSA) is 18.5 Å². The Labute approximate surface area is 126 Å². The predicted octanol–water partition coefficient (Wildman–Crippen LogP) is 2.57. The number of nitrogens with zero attached hydrogens (tertiary/aromatic N) is 2. The lowest BCUT2D eigenvalue weighted by molar-refractivity contribution is 0.163. The first-order valence-corrected chi connectivity index (χ1v) is 8.83. The standard InChI is InChI=1S/C17H35N3/c1-4-17(5-2)15-20(11-6-10-18-17)14-9-16-7-12-19(3)13-8-16/h16,18H,4-15H2,1-3H3. The number of nitrogens with one attached hydrogen (secondary N) is 1. The molecule has 0 atom stereocenters. The van der Waals surface area contributed by atoms with Gasteiger partial charge in [0.25, 0.3) is 0 Å². The minimum absolute atomic E-state index is 0.378. The van der Waals surface area contributed by atoms with Crippen LogP contribution in [0.5, 0.6) is 0 Å². The molecule has 3 heteroatoms. The van der Waals surface area contributed by atoms with Gasteiger partial charge in [-0.2, -0.15) is 0 Å². The monoisotopic (exact) mass is 281 g/mol. The largest absolute Gasteiger partial charge is 0.310 e. The highest BCUT2D eigenvalue weighted by molar-refractivity contribution is 4.91. The van der Waals surface area contributed by atoms with Crippen molar-refractivity contribution >= 4 is 0 Å². The maximum atomic E-state index is 3.82. The van der Waals surface area contributed by atoms with Gasteiger partial charge in [0.05, 0.1) is 0 Å². The molecule has 1 N–H and O–H groups in total. The lowest BCUT2D eigenvalue weighted by Gasteiger charge is -2.36. The van der Waals surface area contributed by atoms with E-state index in [9.17, 15) is 0 Å². The van der Waals surface area contributed by atoms with Crippen molar-refractivity contribution in [2.24, 2.45) is 5.92 Å². The number of likely N-dealkylation sites (tertiary alicyclic amines) is 1. The fourth-order valence-electron chi connectivity index (χ4n) is 3.85. The molecular formula is C17H35N3. The first-order chi connectivity index (χ1) is 9.67. The maximum Gasteiger partial charge on any atom is 0.0303 e. The van der Waals surface area contributed by atoms with E-state index in [1.807, 2.05) is 0 Å². The van der Waals surface area contributed by atoms with Crippen molar-refractivity contribution in [3.63, 3.8) is 0 Å². The first-order valence-electron chi connectivity index (χ1n) is 8.83. The van der Waals surface area contributed by atoms with Crippen LogP contribution in [0.1, 0.15) is 52.4 Å². The number of hydrogen-bond acceptors (Lipinski definition) is 3. The van der Waals surface area contributed by atoms with Gasteiger partial charge in [0.15, 0.2) is 0 Å². The first kappa shape index (κ1) is 16.3. The Morgan fingerprint density at radius 2 is 1.80 bits per heavy atom. The summed E-state index contributed by atoms with van der Waals surface area (Å²) in [5, 5.41) is 3.82. The van der Waals surface area contributed by atoms with Crippen molar-refractivity contribution < 1.29 is 0 Å². The Balaban J connectivity index is 1.79. The van der Waals surface area contributed by atoms with Crippen LogP contribution in [-0.4, -0.2) is 61.7 Å². The number of piperidine rings is 1. The molecule has 0 aliphatic carbocycles. The summed E-state index contributed by atoms with van der Waals surface area (Å²) in [5.74, 6) is 0.972. The van der Waals surface area contributed by atoms with Gasteiger partial charge in [-0.15, -0.1) is 0 Å². The quantitative estimate of drug-likeness (QED) is 0.835. The molecule has 2 aliphatic heterocycles. The molecular weight excluding hydrogens is 246 g/mol. The highest BCUT2D eigenvalue weighted by Crippen LogP contribution is 2.23. The van der Waals surface area contributed by atoms with Crippen LogP contribution in [0.25, 0.3) is 0 Å². The van der Waals surface area contributed by atoms with Crippen molar-refractivity contribution in [1.29, 1.82) is 0 Å². The predicted molar refractivity (Wildman–Crippen MR) is 87.2 cm³/mol. The summed E-state index contributed by atoms with van der Waals surface area (Å²) in [6.45, 7) is 12.4. The molecule has 2 fully saturated rings. The fraction of sp³-hybridized carbons (Fsp3) is 1.00. The number of rotatable bonds is 5. The smallest absolute Gasteiger partial charge is 0.0303 e. The molecule has 0 bridgehead atoms. The average Bonchev–Trinajstić information content (AvgIpc) is 2.69. The zero-order valence-electron chi connectivity index (χ0n) is 14.0. The van der Waals surface area contributed by atoms with Crippen LogP contribution in [0, 0.1) is 5.92 Å². The van der Waals surface area contributed by atoms with E-state index in [4.69, 9.17) is 0 Å². The summed E-state index contributed by atoms with van der Waals surface area (Å²) >= 11 is 0. The lowest BCUT2D eigenvalue weighted by atomic mass is 9.91. The molecule has 118 valence electrons. The van der Waals surface area contributed by atoms with Crippen LogP contribution >= 0.6 is 0 Å². The van der Waals surface area contributed by atoms with Crippen LogP contribution in [0.2, 0.25) is 0 Å². The second kappa shape index (κ2) is 7.77. The molecule has 0 saturated carbocycles. The Kier molecular flexibility index (Phi) is 6.31. The fourth-order valence-corrected chi connectivity index (χ4v) is 3.85. The summed E-state index contributed by atoms with van der Waals surface area (Å²) in [7, 11) is 2.26. The van der Waals surface area contributed by atoms with Gasteiger partial charge in [0.2, 0.25) is 0 Å². The van der Waals surface area contributed by atoms with Gasteiger partial charge >= 0.3 is 0 Å². The van der Waals surface area contributed by atoms with Crippen LogP contribution in [0.15, 0.2) is 0 Å². The van der Waals surface area contributed by atoms with E-state index < -0.39 is 0 Å². The Hall–Kier alpha value is -0.120. The molecule has 0 spiro atoms.